The average molecular weight is 346 g/mol. The molecule has 6 nitrogen and oxygen atoms in total. The van der Waals surface area contributed by atoms with Crippen LogP contribution in [0.25, 0.3) is 0 Å². The summed E-state index contributed by atoms with van der Waals surface area (Å²) in [7, 11) is 3.45. The summed E-state index contributed by atoms with van der Waals surface area (Å²) in [6.45, 7) is 6.20. The Morgan fingerprint density at radius 2 is 1.96 bits per heavy atom. The molecule has 0 saturated carbocycles. The van der Waals surface area contributed by atoms with Crippen molar-refractivity contribution >= 4 is 17.6 Å². The molecule has 1 aromatic carbocycles. The first kappa shape index (κ1) is 19.2. The zero-order chi connectivity index (χ0) is 18.3. The average Bonchev–Trinajstić information content (AvgIpc) is 2.63. The van der Waals surface area contributed by atoms with Gasteiger partial charge in [-0.2, -0.15) is 0 Å². The first-order valence-electron chi connectivity index (χ1n) is 8.84. The molecular formula is C19H30N4O2. The van der Waals surface area contributed by atoms with Gasteiger partial charge in [0.05, 0.1) is 5.60 Å². The minimum atomic E-state index is -0.250. The molecule has 138 valence electrons. The van der Waals surface area contributed by atoms with Crippen LogP contribution >= 0.6 is 0 Å². The van der Waals surface area contributed by atoms with Crippen molar-refractivity contribution in [3.8, 4) is 0 Å². The Hall–Kier alpha value is -2.08. The van der Waals surface area contributed by atoms with E-state index in [0.29, 0.717) is 19.5 Å². The first-order valence-corrected chi connectivity index (χ1v) is 8.84. The Labute approximate surface area is 150 Å². The summed E-state index contributed by atoms with van der Waals surface area (Å²) in [6.07, 6.45) is 2.74. The van der Waals surface area contributed by atoms with Crippen LogP contribution in [0.3, 0.4) is 0 Å². The molecule has 6 heteroatoms. The number of carbonyl (C=O) groups is 1. The number of methoxy groups -OCH3 is 1. The molecule has 2 rings (SSSR count). The summed E-state index contributed by atoms with van der Waals surface area (Å²) in [4.78, 5) is 18.1. The van der Waals surface area contributed by atoms with Gasteiger partial charge in [-0.15, -0.1) is 0 Å². The van der Waals surface area contributed by atoms with E-state index in [9.17, 15) is 4.79 Å². The Morgan fingerprint density at radius 1 is 1.24 bits per heavy atom. The number of guanidine groups is 1. The highest BCUT2D eigenvalue weighted by Gasteiger charge is 2.19. The van der Waals surface area contributed by atoms with Gasteiger partial charge < -0.3 is 20.3 Å². The number of nitrogens with zero attached hydrogens (tertiary/aromatic N) is 2. The second kappa shape index (κ2) is 8.85. The minimum absolute atomic E-state index is 0.225. The zero-order valence-corrected chi connectivity index (χ0v) is 15.8. The Kier molecular flexibility index (Phi) is 6.82. The number of anilines is 1. The summed E-state index contributed by atoms with van der Waals surface area (Å²) in [5, 5.41) is 6.55. The van der Waals surface area contributed by atoms with Crippen molar-refractivity contribution < 1.29 is 9.53 Å². The number of hydrogen-bond acceptors (Lipinski definition) is 3. The molecule has 25 heavy (non-hydrogen) atoms. The molecule has 0 spiro atoms. The SMILES string of the molecule is CN=C(NCc1ccc(N2CCCCC2=O)cc1)NCC(C)(C)OC. The summed E-state index contributed by atoms with van der Waals surface area (Å²) in [6, 6.07) is 8.14. The zero-order valence-electron chi connectivity index (χ0n) is 15.8. The van der Waals surface area contributed by atoms with E-state index in [1.165, 1.54) is 0 Å². The van der Waals surface area contributed by atoms with Gasteiger partial charge in [0.25, 0.3) is 0 Å². The van der Waals surface area contributed by atoms with Gasteiger partial charge in [0.2, 0.25) is 5.91 Å². The lowest BCUT2D eigenvalue weighted by atomic mass is 10.1. The third kappa shape index (κ3) is 5.74. The van der Waals surface area contributed by atoms with Crippen molar-refractivity contribution in [3.05, 3.63) is 29.8 Å². The van der Waals surface area contributed by atoms with Gasteiger partial charge in [0, 0.05) is 45.9 Å². The van der Waals surface area contributed by atoms with Crippen LogP contribution < -0.4 is 15.5 Å². The second-order valence-electron chi connectivity index (χ2n) is 6.91. The van der Waals surface area contributed by atoms with Crippen LogP contribution in [-0.2, 0) is 16.1 Å². The molecule has 0 atom stereocenters. The van der Waals surface area contributed by atoms with E-state index >= 15 is 0 Å². The molecule has 0 radical (unpaired) electrons. The summed E-state index contributed by atoms with van der Waals surface area (Å²) < 4.78 is 5.40. The van der Waals surface area contributed by atoms with Gasteiger partial charge in [-0.05, 0) is 44.4 Å². The van der Waals surface area contributed by atoms with E-state index in [4.69, 9.17) is 4.74 Å². The molecule has 2 N–H and O–H groups in total. The van der Waals surface area contributed by atoms with Crippen LogP contribution in [0.5, 0.6) is 0 Å². The Balaban J connectivity index is 1.87. The molecule has 1 aliphatic rings. The largest absolute Gasteiger partial charge is 0.377 e. The van der Waals surface area contributed by atoms with Crippen LogP contribution in [0.15, 0.2) is 29.3 Å². The van der Waals surface area contributed by atoms with Gasteiger partial charge in [-0.3, -0.25) is 9.79 Å². The monoisotopic (exact) mass is 346 g/mol. The summed E-state index contributed by atoms with van der Waals surface area (Å²) >= 11 is 0. The fraction of sp³-hybridized carbons (Fsp3) is 0.579. The van der Waals surface area contributed by atoms with Crippen molar-refractivity contribution in [3.63, 3.8) is 0 Å². The summed E-state index contributed by atoms with van der Waals surface area (Å²) in [5.74, 6) is 0.961. The van der Waals surface area contributed by atoms with Crippen molar-refractivity contribution in [1.29, 1.82) is 0 Å². The molecule has 1 aromatic rings. The maximum absolute atomic E-state index is 12.0. The smallest absolute Gasteiger partial charge is 0.226 e. The van der Waals surface area contributed by atoms with Crippen molar-refractivity contribution in [1.82, 2.24) is 10.6 Å². The number of rotatable bonds is 6. The normalized spacial score (nSPS) is 16.1. The molecular weight excluding hydrogens is 316 g/mol. The Bertz CT molecular complexity index is 596. The van der Waals surface area contributed by atoms with Crippen LogP contribution in [0, 0.1) is 0 Å². The topological polar surface area (TPSA) is 66.0 Å². The van der Waals surface area contributed by atoms with Crippen LogP contribution in [0.1, 0.15) is 38.7 Å². The lowest BCUT2D eigenvalue weighted by molar-refractivity contribution is -0.119. The Morgan fingerprint density at radius 3 is 2.56 bits per heavy atom. The van der Waals surface area contributed by atoms with Gasteiger partial charge in [0.1, 0.15) is 0 Å². The van der Waals surface area contributed by atoms with E-state index in [2.05, 4.69) is 27.8 Å². The van der Waals surface area contributed by atoms with Crippen LogP contribution in [0.2, 0.25) is 0 Å². The van der Waals surface area contributed by atoms with E-state index in [1.54, 1.807) is 14.2 Å². The maximum Gasteiger partial charge on any atom is 0.226 e. The third-order valence-electron chi connectivity index (χ3n) is 4.49. The van der Waals surface area contributed by atoms with E-state index in [0.717, 1.165) is 36.6 Å². The molecule has 0 bridgehead atoms. The minimum Gasteiger partial charge on any atom is -0.377 e. The molecule has 1 fully saturated rings. The standard InChI is InChI=1S/C19H30N4O2/c1-19(2,25-4)14-22-18(20-3)21-13-15-8-10-16(11-9-15)23-12-6-5-7-17(23)24/h8-11H,5-7,12-14H2,1-4H3,(H2,20,21,22). The van der Waals surface area contributed by atoms with Crippen LogP contribution in [-0.4, -0.2) is 44.7 Å². The lowest BCUT2D eigenvalue weighted by Crippen LogP contribution is -2.45. The predicted molar refractivity (Wildman–Crippen MR) is 102 cm³/mol. The highest BCUT2D eigenvalue weighted by Crippen LogP contribution is 2.21. The fourth-order valence-corrected chi connectivity index (χ4v) is 2.65. The number of amides is 1. The molecule has 0 aromatic heterocycles. The van der Waals surface area contributed by atoms with E-state index in [1.807, 2.05) is 30.9 Å². The number of ether oxygens (including phenoxy) is 1. The number of piperidine rings is 1. The van der Waals surface area contributed by atoms with Crippen molar-refractivity contribution in [2.24, 2.45) is 4.99 Å². The molecule has 1 heterocycles. The molecule has 1 amide bonds. The highest BCUT2D eigenvalue weighted by atomic mass is 16.5. The fourth-order valence-electron chi connectivity index (χ4n) is 2.65. The molecule has 1 saturated heterocycles. The number of aliphatic imine (C=N–C) groups is 1. The lowest BCUT2D eigenvalue weighted by Gasteiger charge is -2.27. The second-order valence-corrected chi connectivity index (χ2v) is 6.91. The quantitative estimate of drug-likeness (QED) is 0.613. The first-order chi connectivity index (χ1) is 11.9. The van der Waals surface area contributed by atoms with Gasteiger partial charge in [-0.25, -0.2) is 0 Å². The van der Waals surface area contributed by atoms with Crippen molar-refractivity contribution in [2.75, 3.05) is 32.1 Å². The maximum atomic E-state index is 12.0. The third-order valence-corrected chi connectivity index (χ3v) is 4.49. The van der Waals surface area contributed by atoms with Gasteiger partial charge in [0.15, 0.2) is 5.96 Å². The van der Waals surface area contributed by atoms with Gasteiger partial charge in [-0.1, -0.05) is 12.1 Å². The van der Waals surface area contributed by atoms with E-state index < -0.39 is 0 Å². The summed E-state index contributed by atoms with van der Waals surface area (Å²) in [5.41, 5.74) is 1.88. The van der Waals surface area contributed by atoms with E-state index in [-0.39, 0.29) is 11.5 Å². The van der Waals surface area contributed by atoms with Gasteiger partial charge >= 0.3 is 0 Å². The number of carbonyl (C=O) groups excluding carboxylic acids is 1. The number of hydrogen-bond donors (Lipinski definition) is 2. The number of benzene rings is 1. The molecule has 0 unspecified atom stereocenters. The highest BCUT2D eigenvalue weighted by molar-refractivity contribution is 5.93. The molecule has 0 aliphatic carbocycles. The molecule has 1 aliphatic heterocycles. The predicted octanol–water partition coefficient (Wildman–Crippen LogP) is 2.29. The van der Waals surface area contributed by atoms with Crippen LogP contribution in [0.4, 0.5) is 5.69 Å². The number of nitrogens with one attached hydrogen (secondary N) is 2. The van der Waals surface area contributed by atoms with Crippen molar-refractivity contribution in [2.45, 2.75) is 45.3 Å².